The second-order valence-corrected chi connectivity index (χ2v) is 6.34. The van der Waals surface area contributed by atoms with Crippen molar-refractivity contribution < 1.29 is 13.2 Å². The van der Waals surface area contributed by atoms with E-state index in [1.54, 1.807) is 0 Å². The summed E-state index contributed by atoms with van der Waals surface area (Å²) in [4.78, 5) is 3.77. The van der Waals surface area contributed by atoms with Crippen LogP contribution in [0.1, 0.15) is 0 Å². The van der Waals surface area contributed by atoms with Crippen LogP contribution in [-0.4, -0.2) is 43.5 Å². The zero-order chi connectivity index (χ0) is 14.8. The van der Waals surface area contributed by atoms with Crippen molar-refractivity contribution in [1.29, 1.82) is 5.26 Å². The van der Waals surface area contributed by atoms with Gasteiger partial charge in [-0.05, 0) is 6.07 Å². The number of hydrogen-bond donors (Lipinski definition) is 2. The van der Waals surface area contributed by atoms with Crippen molar-refractivity contribution in [2.45, 2.75) is 11.0 Å². The Morgan fingerprint density at radius 2 is 2.40 bits per heavy atom. The average Bonchev–Trinajstić information content (AvgIpc) is 2.47. The number of morpholine rings is 1. The number of hydrazine groups is 1. The first-order valence-electron chi connectivity index (χ1n) is 5.62. The first-order chi connectivity index (χ1) is 9.48. The second-order valence-electron chi connectivity index (χ2n) is 4.00. The minimum Gasteiger partial charge on any atom is -0.361 e. The topological polar surface area (TPSA) is 121 Å². The Morgan fingerprint density at radius 3 is 3.00 bits per heavy atom. The number of anilines is 1. The van der Waals surface area contributed by atoms with E-state index in [4.69, 9.17) is 27.4 Å². The molecule has 1 aliphatic heterocycles. The molecule has 1 aromatic rings. The summed E-state index contributed by atoms with van der Waals surface area (Å²) in [6.07, 6.45) is 0.389. The van der Waals surface area contributed by atoms with Crippen molar-refractivity contribution in [2.24, 2.45) is 5.84 Å². The molecule has 0 aromatic carbocycles. The van der Waals surface area contributed by atoms with E-state index in [-0.39, 0.29) is 35.4 Å². The Labute approximate surface area is 121 Å². The molecule has 0 spiro atoms. The van der Waals surface area contributed by atoms with Crippen LogP contribution in [0.25, 0.3) is 0 Å². The molecular weight excluding hydrogens is 306 g/mol. The maximum Gasteiger partial charge on any atom is 0.244 e. The third kappa shape index (κ3) is 2.84. The van der Waals surface area contributed by atoms with Crippen LogP contribution in [0.15, 0.2) is 17.2 Å². The smallest absolute Gasteiger partial charge is 0.244 e. The maximum atomic E-state index is 12.4. The van der Waals surface area contributed by atoms with E-state index < -0.39 is 16.1 Å². The SMILES string of the molecule is N#CC1CN(S(=O)(=O)c2cnc(NN)c(Cl)c2)CCO1. The normalized spacial score (nSPS) is 20.4. The number of nitrogens with zero attached hydrogens (tertiary/aromatic N) is 3. The number of nitrogen functional groups attached to an aromatic ring is 1. The molecule has 108 valence electrons. The molecule has 0 aliphatic carbocycles. The lowest BCUT2D eigenvalue weighted by Crippen LogP contribution is -2.45. The van der Waals surface area contributed by atoms with E-state index >= 15 is 0 Å². The number of sulfonamides is 1. The van der Waals surface area contributed by atoms with E-state index in [9.17, 15) is 8.42 Å². The van der Waals surface area contributed by atoms with Gasteiger partial charge in [-0.2, -0.15) is 9.57 Å². The van der Waals surface area contributed by atoms with Gasteiger partial charge in [-0.3, -0.25) is 0 Å². The van der Waals surface area contributed by atoms with Crippen molar-refractivity contribution in [3.63, 3.8) is 0 Å². The van der Waals surface area contributed by atoms with Crippen LogP contribution >= 0.6 is 11.6 Å². The minimum absolute atomic E-state index is 0.0205. The molecule has 1 aromatic heterocycles. The molecule has 1 aliphatic rings. The fraction of sp³-hybridized carbons (Fsp3) is 0.400. The van der Waals surface area contributed by atoms with Crippen LogP contribution in [0, 0.1) is 11.3 Å². The van der Waals surface area contributed by atoms with Crippen LogP contribution in [0.5, 0.6) is 0 Å². The number of hydrogen-bond acceptors (Lipinski definition) is 7. The van der Waals surface area contributed by atoms with Crippen LogP contribution in [0.4, 0.5) is 5.82 Å². The molecule has 1 saturated heterocycles. The van der Waals surface area contributed by atoms with Crippen molar-refractivity contribution in [3.8, 4) is 6.07 Å². The Morgan fingerprint density at radius 1 is 1.65 bits per heavy atom. The highest BCUT2D eigenvalue weighted by atomic mass is 35.5. The van der Waals surface area contributed by atoms with Crippen LogP contribution < -0.4 is 11.3 Å². The first kappa shape index (κ1) is 15.0. The van der Waals surface area contributed by atoms with E-state index in [1.807, 2.05) is 6.07 Å². The Bertz CT molecular complexity index is 645. The highest BCUT2D eigenvalue weighted by Gasteiger charge is 2.31. The van der Waals surface area contributed by atoms with Gasteiger partial charge >= 0.3 is 0 Å². The summed E-state index contributed by atoms with van der Waals surface area (Å²) in [5.41, 5.74) is 2.26. The molecule has 0 radical (unpaired) electrons. The largest absolute Gasteiger partial charge is 0.361 e. The second kappa shape index (κ2) is 5.90. The molecule has 20 heavy (non-hydrogen) atoms. The Kier molecular flexibility index (Phi) is 4.42. The highest BCUT2D eigenvalue weighted by molar-refractivity contribution is 7.89. The highest BCUT2D eigenvalue weighted by Crippen LogP contribution is 2.24. The summed E-state index contributed by atoms with van der Waals surface area (Å²) < 4.78 is 31.1. The fourth-order valence-electron chi connectivity index (χ4n) is 1.74. The molecule has 2 heterocycles. The zero-order valence-electron chi connectivity index (χ0n) is 10.3. The quantitative estimate of drug-likeness (QED) is 0.591. The zero-order valence-corrected chi connectivity index (χ0v) is 11.9. The van der Waals surface area contributed by atoms with Gasteiger partial charge in [0.15, 0.2) is 11.9 Å². The summed E-state index contributed by atoms with van der Waals surface area (Å²) in [6, 6.07) is 3.15. The van der Waals surface area contributed by atoms with Gasteiger partial charge in [0.2, 0.25) is 10.0 Å². The van der Waals surface area contributed by atoms with Gasteiger partial charge in [-0.25, -0.2) is 19.2 Å². The molecular formula is C10H12ClN5O3S. The molecule has 8 nitrogen and oxygen atoms in total. The third-order valence-electron chi connectivity index (χ3n) is 2.76. The van der Waals surface area contributed by atoms with Gasteiger partial charge in [-0.15, -0.1) is 0 Å². The van der Waals surface area contributed by atoms with Gasteiger partial charge in [-0.1, -0.05) is 11.6 Å². The predicted molar refractivity (Wildman–Crippen MR) is 71.2 cm³/mol. The van der Waals surface area contributed by atoms with Crippen molar-refractivity contribution >= 4 is 27.4 Å². The number of pyridine rings is 1. The summed E-state index contributed by atoms with van der Waals surface area (Å²) >= 11 is 5.87. The van der Waals surface area contributed by atoms with Gasteiger partial charge in [0, 0.05) is 12.7 Å². The number of halogens is 1. The molecule has 10 heteroatoms. The van der Waals surface area contributed by atoms with E-state index in [1.165, 1.54) is 10.4 Å². The minimum atomic E-state index is -3.77. The number of nitrogens with one attached hydrogen (secondary N) is 1. The standard InChI is InChI=1S/C10H12ClN5O3S/c11-9-3-8(5-14-10(9)15-13)20(17,18)16-1-2-19-7(4-12)6-16/h3,5,7H,1-2,6,13H2,(H,14,15). The van der Waals surface area contributed by atoms with Crippen molar-refractivity contribution in [3.05, 3.63) is 17.3 Å². The number of nitrogens with two attached hydrogens (primary N) is 1. The molecule has 1 unspecified atom stereocenters. The summed E-state index contributed by atoms with van der Waals surface area (Å²) in [7, 11) is -3.77. The number of nitriles is 1. The Hall–Kier alpha value is -1.44. The monoisotopic (exact) mass is 317 g/mol. The predicted octanol–water partition coefficient (Wildman–Crippen LogP) is -0.0663. The van der Waals surface area contributed by atoms with Crippen LogP contribution in [0.2, 0.25) is 5.02 Å². The summed E-state index contributed by atoms with van der Waals surface area (Å²) in [5, 5.41) is 8.90. The summed E-state index contributed by atoms with van der Waals surface area (Å²) in [5.74, 6) is 5.36. The van der Waals surface area contributed by atoms with Crippen molar-refractivity contribution in [1.82, 2.24) is 9.29 Å². The lowest BCUT2D eigenvalue weighted by atomic mass is 10.3. The third-order valence-corrected chi connectivity index (χ3v) is 4.88. The van der Waals surface area contributed by atoms with E-state index in [0.717, 1.165) is 6.20 Å². The van der Waals surface area contributed by atoms with E-state index in [2.05, 4.69) is 10.4 Å². The molecule has 2 rings (SSSR count). The first-order valence-corrected chi connectivity index (χ1v) is 7.44. The number of ether oxygens (including phenoxy) is 1. The van der Waals surface area contributed by atoms with Gasteiger partial charge < -0.3 is 10.2 Å². The molecule has 0 amide bonds. The molecule has 1 atom stereocenters. The lowest BCUT2D eigenvalue weighted by molar-refractivity contribution is 0.0311. The van der Waals surface area contributed by atoms with Crippen molar-refractivity contribution in [2.75, 3.05) is 25.1 Å². The van der Waals surface area contributed by atoms with Gasteiger partial charge in [0.1, 0.15) is 4.90 Å². The fourth-order valence-corrected chi connectivity index (χ4v) is 3.42. The van der Waals surface area contributed by atoms with Crippen LogP contribution in [0.3, 0.4) is 0 Å². The maximum absolute atomic E-state index is 12.4. The number of rotatable bonds is 3. The Balaban J connectivity index is 2.30. The molecule has 1 fully saturated rings. The molecule has 0 saturated carbocycles. The molecule has 0 bridgehead atoms. The van der Waals surface area contributed by atoms with Gasteiger partial charge in [0.05, 0.1) is 24.2 Å². The average molecular weight is 318 g/mol. The molecule has 3 N–H and O–H groups in total. The van der Waals surface area contributed by atoms with E-state index in [0.29, 0.717) is 0 Å². The van der Waals surface area contributed by atoms with Gasteiger partial charge in [0.25, 0.3) is 0 Å². The number of aromatic nitrogens is 1. The lowest BCUT2D eigenvalue weighted by Gasteiger charge is -2.28. The summed E-state index contributed by atoms with van der Waals surface area (Å²) in [6.45, 7) is 0.323. The van der Waals surface area contributed by atoms with Crippen LogP contribution in [-0.2, 0) is 14.8 Å².